The SMILES string of the molecule is C[C@H]1CCCN(C(=S)Nc2cccc(S(=O)(=O)N(C)C)c2)C1. The molecule has 1 saturated heterocycles. The van der Waals surface area contributed by atoms with E-state index in [1.165, 1.54) is 24.8 Å². The van der Waals surface area contributed by atoms with Gasteiger partial charge in [0.1, 0.15) is 0 Å². The highest BCUT2D eigenvalue weighted by Crippen LogP contribution is 2.20. The molecule has 122 valence electrons. The zero-order valence-corrected chi connectivity index (χ0v) is 14.9. The van der Waals surface area contributed by atoms with Gasteiger partial charge in [0.05, 0.1) is 4.90 Å². The maximum absolute atomic E-state index is 12.2. The highest BCUT2D eigenvalue weighted by Gasteiger charge is 2.20. The number of benzene rings is 1. The smallest absolute Gasteiger partial charge is 0.242 e. The molecule has 22 heavy (non-hydrogen) atoms. The lowest BCUT2D eigenvalue weighted by atomic mass is 10.0. The van der Waals surface area contributed by atoms with E-state index >= 15 is 0 Å². The number of hydrogen-bond donors (Lipinski definition) is 1. The van der Waals surface area contributed by atoms with Gasteiger partial charge in [-0.2, -0.15) is 0 Å². The van der Waals surface area contributed by atoms with Crippen molar-refractivity contribution in [2.75, 3.05) is 32.5 Å². The topological polar surface area (TPSA) is 52.7 Å². The van der Waals surface area contributed by atoms with E-state index in [1.807, 2.05) is 6.07 Å². The minimum atomic E-state index is -3.43. The summed E-state index contributed by atoms with van der Waals surface area (Å²) in [6.45, 7) is 4.12. The van der Waals surface area contributed by atoms with Crippen molar-refractivity contribution in [3.63, 3.8) is 0 Å². The Kier molecular flexibility index (Phi) is 5.41. The second kappa shape index (κ2) is 6.93. The van der Waals surface area contributed by atoms with Crippen molar-refractivity contribution in [1.82, 2.24) is 9.21 Å². The van der Waals surface area contributed by atoms with Gasteiger partial charge in [-0.05, 0) is 49.2 Å². The number of rotatable bonds is 3. The molecule has 5 nitrogen and oxygen atoms in total. The van der Waals surface area contributed by atoms with Gasteiger partial charge in [-0.15, -0.1) is 0 Å². The van der Waals surface area contributed by atoms with Crippen molar-refractivity contribution in [2.24, 2.45) is 5.92 Å². The maximum Gasteiger partial charge on any atom is 0.242 e. The molecular formula is C15H23N3O2S2. The molecule has 0 amide bonds. The quantitative estimate of drug-likeness (QED) is 0.856. The predicted molar refractivity (Wildman–Crippen MR) is 93.5 cm³/mol. The van der Waals surface area contributed by atoms with Crippen LogP contribution >= 0.6 is 12.2 Å². The standard InChI is InChI=1S/C15H23N3O2S2/c1-12-6-5-9-18(11-12)15(21)16-13-7-4-8-14(10-13)22(19,20)17(2)3/h4,7-8,10,12H,5-6,9,11H2,1-3H3,(H,16,21)/t12-/m0/s1. The van der Waals surface area contributed by atoms with Gasteiger partial charge in [-0.25, -0.2) is 12.7 Å². The van der Waals surface area contributed by atoms with Gasteiger partial charge in [0.25, 0.3) is 0 Å². The van der Waals surface area contributed by atoms with Gasteiger partial charge in [-0.1, -0.05) is 13.0 Å². The molecule has 1 fully saturated rings. The Labute approximate surface area is 138 Å². The molecule has 2 rings (SSSR count). The van der Waals surface area contributed by atoms with Gasteiger partial charge in [0, 0.05) is 32.9 Å². The van der Waals surface area contributed by atoms with Crippen LogP contribution in [-0.4, -0.2) is 49.9 Å². The summed E-state index contributed by atoms with van der Waals surface area (Å²) < 4.78 is 25.5. The van der Waals surface area contributed by atoms with Gasteiger partial charge < -0.3 is 10.2 Å². The zero-order chi connectivity index (χ0) is 16.3. The first-order chi connectivity index (χ1) is 10.3. The Morgan fingerprint density at radius 2 is 2.14 bits per heavy atom. The second-order valence-electron chi connectivity index (χ2n) is 5.94. The van der Waals surface area contributed by atoms with Crippen LogP contribution in [0, 0.1) is 5.92 Å². The lowest BCUT2D eigenvalue weighted by Crippen LogP contribution is -2.41. The first-order valence-electron chi connectivity index (χ1n) is 7.39. The molecule has 7 heteroatoms. The number of nitrogens with one attached hydrogen (secondary N) is 1. The molecule has 0 saturated carbocycles. The van der Waals surface area contributed by atoms with Crippen molar-refractivity contribution in [2.45, 2.75) is 24.7 Å². The average Bonchev–Trinajstić information content (AvgIpc) is 2.47. The average molecular weight is 342 g/mol. The molecule has 0 aliphatic carbocycles. The predicted octanol–water partition coefficient (Wildman–Crippen LogP) is 2.37. The highest BCUT2D eigenvalue weighted by atomic mass is 32.2. The maximum atomic E-state index is 12.2. The third-order valence-corrected chi connectivity index (χ3v) is 5.98. The van der Waals surface area contributed by atoms with Crippen LogP contribution in [0.4, 0.5) is 5.69 Å². The molecule has 0 radical (unpaired) electrons. The van der Waals surface area contributed by atoms with Crippen molar-refractivity contribution >= 4 is 33.0 Å². The van der Waals surface area contributed by atoms with E-state index in [9.17, 15) is 8.42 Å². The summed E-state index contributed by atoms with van der Waals surface area (Å²) in [6.07, 6.45) is 2.37. The lowest BCUT2D eigenvalue weighted by molar-refractivity contribution is 0.276. The largest absolute Gasteiger partial charge is 0.349 e. The third-order valence-electron chi connectivity index (χ3n) is 3.81. The molecule has 1 aromatic rings. The summed E-state index contributed by atoms with van der Waals surface area (Å²) in [6, 6.07) is 6.76. The molecule has 1 atom stereocenters. The first kappa shape index (κ1) is 17.2. The van der Waals surface area contributed by atoms with Gasteiger partial charge >= 0.3 is 0 Å². The molecular weight excluding hydrogens is 318 g/mol. The number of likely N-dealkylation sites (tertiary alicyclic amines) is 1. The van der Waals surface area contributed by atoms with Crippen LogP contribution < -0.4 is 5.32 Å². The van der Waals surface area contributed by atoms with Gasteiger partial charge in [0.2, 0.25) is 10.0 Å². The van der Waals surface area contributed by atoms with E-state index in [1.54, 1.807) is 18.2 Å². The highest BCUT2D eigenvalue weighted by molar-refractivity contribution is 7.89. The molecule has 0 unspecified atom stereocenters. The Balaban J connectivity index is 2.12. The second-order valence-corrected chi connectivity index (χ2v) is 8.48. The minimum absolute atomic E-state index is 0.261. The molecule has 0 bridgehead atoms. The molecule has 1 N–H and O–H groups in total. The van der Waals surface area contributed by atoms with Crippen LogP contribution in [0.15, 0.2) is 29.2 Å². The molecule has 1 aliphatic rings. The van der Waals surface area contributed by atoms with Crippen molar-refractivity contribution in [3.05, 3.63) is 24.3 Å². The van der Waals surface area contributed by atoms with Crippen LogP contribution in [-0.2, 0) is 10.0 Å². The molecule has 1 heterocycles. The van der Waals surface area contributed by atoms with Crippen molar-refractivity contribution in [3.8, 4) is 0 Å². The van der Waals surface area contributed by atoms with Crippen LogP contribution in [0.1, 0.15) is 19.8 Å². The normalized spacial score (nSPS) is 19.3. The summed E-state index contributed by atoms with van der Waals surface area (Å²) in [4.78, 5) is 2.41. The van der Waals surface area contributed by atoms with Crippen LogP contribution in [0.5, 0.6) is 0 Å². The third kappa shape index (κ3) is 3.97. The number of hydrogen-bond acceptors (Lipinski definition) is 3. The Morgan fingerprint density at radius 1 is 1.41 bits per heavy atom. The van der Waals surface area contributed by atoms with E-state index in [0.29, 0.717) is 16.7 Å². The summed E-state index contributed by atoms with van der Waals surface area (Å²) in [5.41, 5.74) is 0.700. The summed E-state index contributed by atoms with van der Waals surface area (Å²) in [5, 5.41) is 3.82. The number of thiocarbonyl (C=S) groups is 1. The van der Waals surface area contributed by atoms with Crippen molar-refractivity contribution in [1.29, 1.82) is 0 Å². The van der Waals surface area contributed by atoms with E-state index < -0.39 is 10.0 Å². The number of anilines is 1. The lowest BCUT2D eigenvalue weighted by Gasteiger charge is -2.33. The number of piperidine rings is 1. The Hall–Kier alpha value is -1.18. The van der Waals surface area contributed by atoms with Crippen molar-refractivity contribution < 1.29 is 8.42 Å². The van der Waals surface area contributed by atoms with Crippen LogP contribution in [0.25, 0.3) is 0 Å². The molecule has 1 aromatic carbocycles. The monoisotopic (exact) mass is 341 g/mol. The number of nitrogens with zero attached hydrogens (tertiary/aromatic N) is 2. The Bertz CT molecular complexity index is 644. The van der Waals surface area contributed by atoms with E-state index in [-0.39, 0.29) is 4.90 Å². The molecule has 0 aromatic heterocycles. The summed E-state index contributed by atoms with van der Waals surface area (Å²) >= 11 is 5.45. The summed E-state index contributed by atoms with van der Waals surface area (Å²) in [7, 11) is -0.386. The fourth-order valence-corrected chi connectivity index (χ4v) is 3.75. The fourth-order valence-electron chi connectivity index (χ4n) is 2.52. The minimum Gasteiger partial charge on any atom is -0.349 e. The number of sulfonamides is 1. The molecule has 0 spiro atoms. The van der Waals surface area contributed by atoms with E-state index in [4.69, 9.17) is 12.2 Å². The molecule has 1 aliphatic heterocycles. The zero-order valence-electron chi connectivity index (χ0n) is 13.2. The Morgan fingerprint density at radius 3 is 2.77 bits per heavy atom. The van der Waals surface area contributed by atoms with Crippen LogP contribution in [0.3, 0.4) is 0 Å². The van der Waals surface area contributed by atoms with Gasteiger partial charge in [-0.3, -0.25) is 0 Å². The van der Waals surface area contributed by atoms with E-state index in [2.05, 4.69) is 17.1 Å². The van der Waals surface area contributed by atoms with E-state index in [0.717, 1.165) is 19.5 Å². The fraction of sp³-hybridized carbons (Fsp3) is 0.533. The van der Waals surface area contributed by atoms with Crippen LogP contribution in [0.2, 0.25) is 0 Å². The van der Waals surface area contributed by atoms with Gasteiger partial charge in [0.15, 0.2) is 5.11 Å². The summed E-state index contributed by atoms with van der Waals surface area (Å²) in [5.74, 6) is 0.633. The first-order valence-corrected chi connectivity index (χ1v) is 9.24.